The van der Waals surface area contributed by atoms with Crippen molar-refractivity contribution >= 4 is 34.6 Å². The van der Waals surface area contributed by atoms with Gasteiger partial charge < -0.3 is 15.3 Å². The lowest BCUT2D eigenvalue weighted by molar-refractivity contribution is -0.138. The van der Waals surface area contributed by atoms with Crippen molar-refractivity contribution in [3.05, 3.63) is 81.2 Å². The van der Waals surface area contributed by atoms with Crippen molar-refractivity contribution in [3.63, 3.8) is 0 Å². The number of unbranched alkanes of at least 4 members (excludes halogenated alkanes) is 1. The molecule has 3 aromatic rings. The van der Waals surface area contributed by atoms with Gasteiger partial charge in [0.15, 0.2) is 0 Å². The van der Waals surface area contributed by atoms with Crippen LogP contribution in [0, 0.1) is 11.8 Å². The number of amides is 1. The number of thiophene rings is 1. The van der Waals surface area contributed by atoms with E-state index >= 15 is 0 Å². The molecule has 1 amide bonds. The fourth-order valence-corrected chi connectivity index (χ4v) is 10.2. The molecule has 4 atom stereocenters. The molecule has 3 N–H and O–H groups in total. The highest BCUT2D eigenvalue weighted by atomic mass is 32.2. The van der Waals surface area contributed by atoms with Gasteiger partial charge in [-0.3, -0.25) is 10.1 Å². The third kappa shape index (κ3) is 8.41. The van der Waals surface area contributed by atoms with Crippen molar-refractivity contribution in [2.75, 3.05) is 26.2 Å². The number of piperidine rings is 1. The number of allylic oxidation sites excluding steroid dienone is 1. The van der Waals surface area contributed by atoms with Gasteiger partial charge in [-0.05, 0) is 91.3 Å². The van der Waals surface area contributed by atoms with Crippen LogP contribution in [-0.2, 0) is 11.6 Å². The number of alkyl halides is 6. The molecule has 2 aliphatic carbocycles. The molecule has 4 unspecified atom stereocenters. The van der Waals surface area contributed by atoms with Crippen LogP contribution in [0.3, 0.4) is 0 Å². The van der Waals surface area contributed by atoms with Gasteiger partial charge in [-0.1, -0.05) is 56.3 Å². The first kappa shape index (κ1) is 38.8. The van der Waals surface area contributed by atoms with E-state index < -0.39 is 36.1 Å². The van der Waals surface area contributed by atoms with Crippen LogP contribution in [0.5, 0.6) is 0 Å². The van der Waals surface area contributed by atoms with E-state index in [1.54, 1.807) is 10.8 Å². The Balaban J connectivity index is 1.04. The largest absolute Gasteiger partial charge is 0.417 e. The SMILES string of the molecule is CC1CCC(C)C2=C1c1ccccc1C2(CCCCN1CCC(NC(=O)c2cscc2Sc2ccc(C(F)(F)F)cn2)CC1)C(O)NCC(F)(F)F. The Morgan fingerprint density at radius 1 is 1.02 bits per heavy atom. The number of hydrogen-bond acceptors (Lipinski definition) is 7. The predicted octanol–water partition coefficient (Wildman–Crippen LogP) is 8.92. The first-order valence-corrected chi connectivity index (χ1v) is 19.6. The van der Waals surface area contributed by atoms with E-state index in [0.29, 0.717) is 21.9 Å². The lowest BCUT2D eigenvalue weighted by Crippen LogP contribution is -2.52. The molecule has 2 aromatic heterocycles. The van der Waals surface area contributed by atoms with E-state index in [-0.39, 0.29) is 23.8 Å². The van der Waals surface area contributed by atoms with Gasteiger partial charge in [-0.15, -0.1) is 0 Å². The van der Waals surface area contributed by atoms with Gasteiger partial charge in [0.25, 0.3) is 5.91 Å². The molecule has 0 spiro atoms. The molecule has 6 nitrogen and oxygen atoms in total. The maximum absolute atomic E-state index is 13.4. The number of aliphatic hydroxyl groups is 1. The number of fused-ring (bicyclic) bond motifs is 2. The number of nitrogens with one attached hydrogen (secondary N) is 2. The summed E-state index contributed by atoms with van der Waals surface area (Å²) in [7, 11) is 0. The maximum atomic E-state index is 13.4. The smallest absolute Gasteiger partial charge is 0.377 e. The summed E-state index contributed by atoms with van der Waals surface area (Å²) in [6.07, 6.45) is -4.02. The van der Waals surface area contributed by atoms with Gasteiger partial charge >= 0.3 is 12.4 Å². The Bertz CT molecular complexity index is 1740. The number of benzene rings is 1. The van der Waals surface area contributed by atoms with Gasteiger partial charge in [0.1, 0.15) is 11.3 Å². The van der Waals surface area contributed by atoms with Crippen LogP contribution in [0.15, 0.2) is 68.8 Å². The summed E-state index contributed by atoms with van der Waals surface area (Å²) < 4.78 is 78.9. The molecule has 1 aromatic carbocycles. The van der Waals surface area contributed by atoms with Crippen molar-refractivity contribution < 1.29 is 36.2 Å². The highest BCUT2D eigenvalue weighted by Crippen LogP contribution is 2.58. The van der Waals surface area contributed by atoms with Crippen LogP contribution in [0.2, 0.25) is 0 Å². The number of halogens is 6. The number of rotatable bonds is 12. The minimum absolute atomic E-state index is 0.0288. The minimum atomic E-state index is -4.47. The zero-order chi connectivity index (χ0) is 37.3. The zero-order valence-corrected chi connectivity index (χ0v) is 30.8. The number of carbonyl (C=O) groups is 1. The topological polar surface area (TPSA) is 77.5 Å². The quantitative estimate of drug-likeness (QED) is 0.0972. The molecule has 282 valence electrons. The highest BCUT2D eigenvalue weighted by Gasteiger charge is 2.53. The van der Waals surface area contributed by atoms with Crippen molar-refractivity contribution in [1.82, 2.24) is 20.5 Å². The van der Waals surface area contributed by atoms with Crippen LogP contribution in [0.1, 0.15) is 85.8 Å². The average molecular weight is 767 g/mol. The molecule has 3 heterocycles. The monoisotopic (exact) mass is 766 g/mol. The fraction of sp³-hybridized carbons (Fsp3) is 0.526. The second-order valence-electron chi connectivity index (χ2n) is 14.3. The molecule has 1 saturated heterocycles. The standard InChI is InChI=1S/C38H44F6N4O2S2/c1-23-9-10-24(2)33-32(23)27-7-3-4-8-29(27)36(33,35(50)46-22-37(39,40)41)15-5-6-16-48-17-13-26(14-18-48)47-34(49)28-20-51-21-30(28)52-31-12-11-25(19-45-31)38(42,43)44/h3-4,7-8,11-12,19-21,23-24,26,35,46,50H,5-6,9-10,13-18,22H2,1-2H3,(H,47,49). The molecular weight excluding hydrogens is 723 g/mol. The lowest BCUT2D eigenvalue weighted by Gasteiger charge is -2.43. The fourth-order valence-electron chi connectivity index (χ4n) is 8.30. The summed E-state index contributed by atoms with van der Waals surface area (Å²) in [5, 5.41) is 21.1. The number of pyridine rings is 1. The summed E-state index contributed by atoms with van der Waals surface area (Å²) in [6, 6.07) is 10.2. The van der Waals surface area contributed by atoms with Gasteiger partial charge in [0.05, 0.1) is 23.1 Å². The Kier molecular flexibility index (Phi) is 11.8. The summed E-state index contributed by atoms with van der Waals surface area (Å²) in [4.78, 5) is 20.1. The maximum Gasteiger partial charge on any atom is 0.417 e. The van der Waals surface area contributed by atoms with Gasteiger partial charge in [-0.2, -0.15) is 37.7 Å². The number of carbonyl (C=O) groups excluding carboxylic acids is 1. The summed E-state index contributed by atoms with van der Waals surface area (Å²) in [5.74, 6) is 0.168. The van der Waals surface area contributed by atoms with Crippen LogP contribution < -0.4 is 10.6 Å². The number of nitrogens with zero attached hydrogens (tertiary/aromatic N) is 2. The van der Waals surface area contributed by atoms with Crippen molar-refractivity contribution in [2.24, 2.45) is 11.8 Å². The van der Waals surface area contributed by atoms with E-state index in [0.717, 1.165) is 98.9 Å². The first-order chi connectivity index (χ1) is 24.7. The van der Waals surface area contributed by atoms with Crippen LogP contribution in [-0.4, -0.2) is 65.5 Å². The number of hydrogen-bond donors (Lipinski definition) is 3. The van der Waals surface area contributed by atoms with Crippen LogP contribution in [0.25, 0.3) is 5.57 Å². The second kappa shape index (κ2) is 15.8. The van der Waals surface area contributed by atoms with Crippen LogP contribution >= 0.6 is 23.1 Å². The second-order valence-corrected chi connectivity index (χ2v) is 16.1. The zero-order valence-electron chi connectivity index (χ0n) is 29.1. The number of likely N-dealkylation sites (tertiary alicyclic amines) is 1. The third-order valence-electron chi connectivity index (χ3n) is 10.8. The first-order valence-electron chi connectivity index (χ1n) is 17.8. The molecular formula is C38H44F6N4O2S2. The predicted molar refractivity (Wildman–Crippen MR) is 191 cm³/mol. The lowest BCUT2D eigenvalue weighted by atomic mass is 9.65. The minimum Gasteiger partial charge on any atom is -0.377 e. The van der Waals surface area contributed by atoms with Crippen molar-refractivity contribution in [3.8, 4) is 0 Å². The van der Waals surface area contributed by atoms with Gasteiger partial charge in [0.2, 0.25) is 0 Å². The van der Waals surface area contributed by atoms with Crippen molar-refractivity contribution in [2.45, 2.75) is 98.8 Å². The van der Waals surface area contributed by atoms with E-state index in [2.05, 4.69) is 40.4 Å². The molecule has 3 aliphatic rings. The summed E-state index contributed by atoms with van der Waals surface area (Å²) in [5.41, 5.74) is 2.95. The number of aromatic nitrogens is 1. The van der Waals surface area contributed by atoms with Gasteiger partial charge in [0, 0.05) is 41.0 Å². The number of aliphatic hydroxyl groups excluding tert-OH is 1. The molecule has 0 radical (unpaired) electrons. The molecule has 0 saturated carbocycles. The Morgan fingerprint density at radius 3 is 2.44 bits per heavy atom. The molecule has 1 fully saturated rings. The van der Waals surface area contributed by atoms with Gasteiger partial charge in [-0.25, -0.2) is 4.98 Å². The molecule has 0 bridgehead atoms. The van der Waals surface area contributed by atoms with E-state index in [1.807, 2.05) is 18.2 Å². The third-order valence-corrected chi connectivity index (χ3v) is 12.7. The normalized spacial score (nSPS) is 23.4. The van der Waals surface area contributed by atoms with Crippen LogP contribution in [0.4, 0.5) is 26.3 Å². The van der Waals surface area contributed by atoms with E-state index in [9.17, 15) is 36.2 Å². The summed E-state index contributed by atoms with van der Waals surface area (Å²) in [6.45, 7) is 5.40. The highest BCUT2D eigenvalue weighted by molar-refractivity contribution is 7.99. The Labute approximate surface area is 308 Å². The average Bonchev–Trinajstić information content (AvgIpc) is 3.69. The molecule has 1 aliphatic heterocycles. The molecule has 14 heteroatoms. The van der Waals surface area contributed by atoms with Crippen molar-refractivity contribution in [1.29, 1.82) is 0 Å². The Hall–Kier alpha value is -2.91. The molecule has 52 heavy (non-hydrogen) atoms. The molecule has 6 rings (SSSR count). The van der Waals surface area contributed by atoms with E-state index in [1.165, 1.54) is 23.0 Å². The summed E-state index contributed by atoms with van der Waals surface area (Å²) >= 11 is 2.49. The Morgan fingerprint density at radius 2 is 1.75 bits per heavy atom. The van der Waals surface area contributed by atoms with E-state index in [4.69, 9.17) is 0 Å².